The Kier molecular flexibility index (Phi) is 3.71. The fraction of sp³-hybridized carbons (Fsp3) is 0.133. The maximum absolute atomic E-state index is 11.5. The van der Waals surface area contributed by atoms with E-state index in [1.54, 1.807) is 0 Å². The first-order chi connectivity index (χ1) is 11.1. The highest BCUT2D eigenvalue weighted by atomic mass is 16.5. The summed E-state index contributed by atoms with van der Waals surface area (Å²) in [4.78, 5) is 26.0. The van der Waals surface area contributed by atoms with Gasteiger partial charge in [0.2, 0.25) is 0 Å². The van der Waals surface area contributed by atoms with Crippen LogP contribution in [-0.2, 0) is 9.53 Å². The predicted octanol–water partition coefficient (Wildman–Crippen LogP) is 1.01. The molecule has 118 valence electrons. The molecular weight excluding hydrogens is 298 g/mol. The molecule has 2 aromatic heterocycles. The summed E-state index contributed by atoms with van der Waals surface area (Å²) >= 11 is 0. The number of aromatic nitrogens is 3. The lowest BCUT2D eigenvalue weighted by atomic mass is 10.1. The molecule has 8 heteroatoms. The number of fused-ring (bicyclic) bond motifs is 1. The number of ether oxygens (including phenoxy) is 1. The van der Waals surface area contributed by atoms with Gasteiger partial charge >= 0.3 is 5.97 Å². The number of methoxy groups -OCH3 is 1. The standard InChI is InChI=1S/C15H15N5O3/c1-23-11(21)8-17-15-12(9-5-3-2-4-6-9)19-14-10(13(16)22)7-18-20(14)15/h2-7,17,19H,8H2,1H3,(H2,16,22). The Morgan fingerprint density at radius 3 is 2.74 bits per heavy atom. The number of hydrogen-bond donors (Lipinski definition) is 3. The molecule has 0 saturated carbocycles. The van der Waals surface area contributed by atoms with Crippen molar-refractivity contribution >= 4 is 23.3 Å². The number of amides is 1. The van der Waals surface area contributed by atoms with Crippen molar-refractivity contribution in [2.45, 2.75) is 0 Å². The van der Waals surface area contributed by atoms with Crippen molar-refractivity contribution in [3.05, 3.63) is 42.1 Å². The molecule has 0 atom stereocenters. The van der Waals surface area contributed by atoms with Gasteiger partial charge in [-0.3, -0.25) is 9.59 Å². The third-order valence-electron chi connectivity index (χ3n) is 3.42. The van der Waals surface area contributed by atoms with E-state index >= 15 is 0 Å². The molecule has 2 heterocycles. The van der Waals surface area contributed by atoms with Crippen LogP contribution in [0, 0.1) is 0 Å². The highest BCUT2D eigenvalue weighted by Gasteiger charge is 2.19. The Morgan fingerprint density at radius 2 is 2.09 bits per heavy atom. The van der Waals surface area contributed by atoms with E-state index in [4.69, 9.17) is 5.73 Å². The van der Waals surface area contributed by atoms with E-state index in [2.05, 4.69) is 20.1 Å². The fourth-order valence-electron chi connectivity index (χ4n) is 2.31. The number of hydrogen-bond acceptors (Lipinski definition) is 5. The van der Waals surface area contributed by atoms with Gasteiger partial charge in [0.05, 0.1) is 19.0 Å². The van der Waals surface area contributed by atoms with Crippen LogP contribution in [0.25, 0.3) is 16.9 Å². The van der Waals surface area contributed by atoms with Crippen molar-refractivity contribution < 1.29 is 14.3 Å². The molecule has 0 bridgehead atoms. The predicted molar refractivity (Wildman–Crippen MR) is 84.0 cm³/mol. The first-order valence-corrected chi connectivity index (χ1v) is 6.87. The second-order valence-corrected chi connectivity index (χ2v) is 4.83. The minimum atomic E-state index is -0.583. The molecule has 3 rings (SSSR count). The number of carbonyl (C=O) groups is 2. The van der Waals surface area contributed by atoms with Gasteiger partial charge in [0.15, 0.2) is 5.82 Å². The van der Waals surface area contributed by atoms with E-state index in [1.165, 1.54) is 17.8 Å². The highest BCUT2D eigenvalue weighted by Crippen LogP contribution is 2.29. The van der Waals surface area contributed by atoms with E-state index in [0.717, 1.165) is 5.56 Å². The van der Waals surface area contributed by atoms with Gasteiger partial charge in [0, 0.05) is 5.56 Å². The summed E-state index contributed by atoms with van der Waals surface area (Å²) in [6, 6.07) is 9.47. The molecular formula is C15H15N5O3. The lowest BCUT2D eigenvalue weighted by Crippen LogP contribution is -2.16. The van der Waals surface area contributed by atoms with Crippen LogP contribution in [0.4, 0.5) is 5.82 Å². The smallest absolute Gasteiger partial charge is 0.325 e. The van der Waals surface area contributed by atoms with Gasteiger partial charge in [0.1, 0.15) is 17.8 Å². The van der Waals surface area contributed by atoms with Crippen LogP contribution >= 0.6 is 0 Å². The molecule has 0 saturated heterocycles. The maximum atomic E-state index is 11.5. The molecule has 0 aliphatic carbocycles. The zero-order chi connectivity index (χ0) is 16.4. The van der Waals surface area contributed by atoms with Crippen LogP contribution < -0.4 is 11.1 Å². The van der Waals surface area contributed by atoms with Crippen LogP contribution in [0.1, 0.15) is 10.4 Å². The van der Waals surface area contributed by atoms with Crippen LogP contribution in [0.15, 0.2) is 36.5 Å². The molecule has 0 aliphatic rings. The van der Waals surface area contributed by atoms with E-state index in [0.29, 0.717) is 17.2 Å². The number of imidazole rings is 1. The molecule has 3 aromatic rings. The summed E-state index contributed by atoms with van der Waals surface area (Å²) in [5.41, 5.74) is 7.66. The van der Waals surface area contributed by atoms with Gasteiger partial charge in [-0.15, -0.1) is 0 Å². The van der Waals surface area contributed by atoms with Crippen molar-refractivity contribution in [1.29, 1.82) is 0 Å². The second kappa shape index (κ2) is 5.84. The minimum absolute atomic E-state index is 0.0327. The summed E-state index contributed by atoms with van der Waals surface area (Å²) in [5, 5.41) is 7.14. The topological polar surface area (TPSA) is 115 Å². The number of benzene rings is 1. The highest BCUT2D eigenvalue weighted by molar-refractivity contribution is 5.99. The molecule has 8 nitrogen and oxygen atoms in total. The average Bonchev–Trinajstić information content (AvgIpc) is 3.12. The van der Waals surface area contributed by atoms with E-state index in [1.807, 2.05) is 30.3 Å². The Balaban J connectivity index is 2.13. The molecule has 0 radical (unpaired) electrons. The molecule has 1 amide bonds. The Bertz CT molecular complexity index is 866. The molecule has 23 heavy (non-hydrogen) atoms. The quantitative estimate of drug-likeness (QED) is 0.608. The van der Waals surface area contributed by atoms with Gasteiger partial charge in [0.25, 0.3) is 5.91 Å². The Morgan fingerprint density at radius 1 is 1.35 bits per heavy atom. The van der Waals surface area contributed by atoms with E-state index in [9.17, 15) is 9.59 Å². The molecule has 0 unspecified atom stereocenters. The van der Waals surface area contributed by atoms with Gasteiger partial charge in [-0.2, -0.15) is 9.61 Å². The van der Waals surface area contributed by atoms with Crippen molar-refractivity contribution in [3.8, 4) is 11.3 Å². The molecule has 4 N–H and O–H groups in total. The summed E-state index contributed by atoms with van der Waals surface area (Å²) < 4.78 is 6.14. The number of esters is 1. The SMILES string of the molecule is COC(=O)CNc1c(-c2ccccc2)[nH]c2c(C(N)=O)cnn12. The lowest BCUT2D eigenvalue weighted by molar-refractivity contribution is -0.138. The van der Waals surface area contributed by atoms with Crippen LogP contribution in [-0.4, -0.2) is 40.1 Å². The number of rotatable bonds is 5. The van der Waals surface area contributed by atoms with Crippen LogP contribution in [0.3, 0.4) is 0 Å². The summed E-state index contributed by atoms with van der Waals surface area (Å²) in [6.45, 7) is -0.0327. The average molecular weight is 313 g/mol. The maximum Gasteiger partial charge on any atom is 0.325 e. The first kappa shape index (κ1) is 14.6. The Hall–Kier alpha value is -3.29. The fourth-order valence-corrected chi connectivity index (χ4v) is 2.31. The number of primary amides is 1. The summed E-state index contributed by atoms with van der Waals surface area (Å²) in [6.07, 6.45) is 1.38. The zero-order valence-electron chi connectivity index (χ0n) is 12.4. The number of carbonyl (C=O) groups excluding carboxylic acids is 2. The normalized spacial score (nSPS) is 10.7. The molecule has 0 aliphatic heterocycles. The van der Waals surface area contributed by atoms with Gasteiger partial charge in [-0.05, 0) is 0 Å². The third-order valence-corrected chi connectivity index (χ3v) is 3.42. The van der Waals surface area contributed by atoms with E-state index in [-0.39, 0.29) is 12.1 Å². The van der Waals surface area contributed by atoms with Gasteiger partial charge < -0.3 is 20.8 Å². The van der Waals surface area contributed by atoms with Crippen molar-refractivity contribution in [2.75, 3.05) is 19.0 Å². The molecule has 1 aromatic carbocycles. The van der Waals surface area contributed by atoms with Crippen molar-refractivity contribution in [2.24, 2.45) is 5.73 Å². The summed E-state index contributed by atoms with van der Waals surface area (Å²) in [5.74, 6) is -0.454. The van der Waals surface area contributed by atoms with E-state index < -0.39 is 11.9 Å². The number of aromatic amines is 1. The zero-order valence-corrected chi connectivity index (χ0v) is 12.4. The van der Waals surface area contributed by atoms with Crippen molar-refractivity contribution in [3.63, 3.8) is 0 Å². The first-order valence-electron chi connectivity index (χ1n) is 6.87. The van der Waals surface area contributed by atoms with Crippen molar-refractivity contribution in [1.82, 2.24) is 14.6 Å². The number of anilines is 1. The molecule has 0 fully saturated rings. The Labute approximate surface area is 131 Å². The number of nitrogens with two attached hydrogens (primary N) is 1. The lowest BCUT2D eigenvalue weighted by Gasteiger charge is -2.06. The van der Waals surface area contributed by atoms with Gasteiger partial charge in [-0.1, -0.05) is 30.3 Å². The molecule has 0 spiro atoms. The number of nitrogens with zero attached hydrogens (tertiary/aromatic N) is 2. The van der Waals surface area contributed by atoms with Gasteiger partial charge in [-0.25, -0.2) is 0 Å². The largest absolute Gasteiger partial charge is 0.468 e. The number of nitrogens with one attached hydrogen (secondary N) is 2. The summed E-state index contributed by atoms with van der Waals surface area (Å²) in [7, 11) is 1.31. The van der Waals surface area contributed by atoms with Crippen LogP contribution in [0.5, 0.6) is 0 Å². The monoisotopic (exact) mass is 313 g/mol. The van der Waals surface area contributed by atoms with Crippen LogP contribution in [0.2, 0.25) is 0 Å². The minimum Gasteiger partial charge on any atom is -0.468 e. The number of H-pyrrole nitrogens is 1. The third kappa shape index (κ3) is 2.61. The second-order valence-electron chi connectivity index (χ2n) is 4.83.